The lowest BCUT2D eigenvalue weighted by Crippen LogP contribution is -2.32. The topological polar surface area (TPSA) is 81.1 Å². The molecule has 3 aromatic rings. The second-order valence-electron chi connectivity index (χ2n) is 5.36. The Morgan fingerprint density at radius 2 is 1.52 bits per heavy atom. The molecule has 1 N–H and O–H groups in total. The summed E-state index contributed by atoms with van der Waals surface area (Å²) in [4.78, 5) is 12.1. The molecule has 1 aromatic heterocycles. The van der Waals surface area contributed by atoms with Crippen molar-refractivity contribution in [3.8, 4) is 11.3 Å². The fourth-order valence-corrected chi connectivity index (χ4v) is 3.38. The van der Waals surface area contributed by atoms with Crippen molar-refractivity contribution in [3.05, 3.63) is 83.2 Å². The van der Waals surface area contributed by atoms with Crippen LogP contribution in [-0.4, -0.2) is 24.7 Å². The SMILES string of the molecule is O=c1ccc(-c2ccccc2)nn1CCNS(=O)(=O)c1ccccc1. The quantitative estimate of drug-likeness (QED) is 0.732. The molecule has 0 aliphatic heterocycles. The van der Waals surface area contributed by atoms with E-state index >= 15 is 0 Å². The highest BCUT2D eigenvalue weighted by Crippen LogP contribution is 2.13. The zero-order valence-electron chi connectivity index (χ0n) is 13.4. The fraction of sp³-hybridized carbons (Fsp3) is 0.111. The Balaban J connectivity index is 1.72. The molecule has 3 rings (SSSR count). The summed E-state index contributed by atoms with van der Waals surface area (Å²) < 4.78 is 28.1. The van der Waals surface area contributed by atoms with Crippen molar-refractivity contribution in [3.63, 3.8) is 0 Å². The maximum absolute atomic E-state index is 12.2. The average Bonchev–Trinajstić information content (AvgIpc) is 2.64. The molecule has 25 heavy (non-hydrogen) atoms. The molecule has 1 heterocycles. The summed E-state index contributed by atoms with van der Waals surface area (Å²) >= 11 is 0. The van der Waals surface area contributed by atoms with Gasteiger partial charge < -0.3 is 0 Å². The predicted molar refractivity (Wildman–Crippen MR) is 95.6 cm³/mol. The zero-order chi connectivity index (χ0) is 17.7. The number of aromatic nitrogens is 2. The van der Waals surface area contributed by atoms with Crippen molar-refractivity contribution < 1.29 is 8.42 Å². The van der Waals surface area contributed by atoms with Crippen LogP contribution in [0.3, 0.4) is 0 Å². The summed E-state index contributed by atoms with van der Waals surface area (Å²) in [5.41, 5.74) is 1.27. The van der Waals surface area contributed by atoms with E-state index in [1.807, 2.05) is 30.3 Å². The van der Waals surface area contributed by atoms with Gasteiger partial charge >= 0.3 is 0 Å². The molecule has 0 fully saturated rings. The molecular formula is C18H17N3O3S. The maximum Gasteiger partial charge on any atom is 0.266 e. The minimum atomic E-state index is -3.60. The summed E-state index contributed by atoms with van der Waals surface area (Å²) in [6.45, 7) is 0.216. The first-order valence-corrected chi connectivity index (χ1v) is 9.23. The Kier molecular flexibility index (Phi) is 5.06. The minimum absolute atomic E-state index is 0.0718. The summed E-state index contributed by atoms with van der Waals surface area (Å²) in [6.07, 6.45) is 0. The van der Waals surface area contributed by atoms with Crippen LogP contribution in [-0.2, 0) is 16.6 Å². The molecule has 128 valence electrons. The van der Waals surface area contributed by atoms with Crippen LogP contribution < -0.4 is 10.3 Å². The van der Waals surface area contributed by atoms with Gasteiger partial charge in [0.1, 0.15) is 0 Å². The van der Waals surface area contributed by atoms with Gasteiger partial charge in [-0.3, -0.25) is 4.79 Å². The third-order valence-electron chi connectivity index (χ3n) is 3.61. The molecule has 7 heteroatoms. The Hall–Kier alpha value is -2.77. The summed E-state index contributed by atoms with van der Waals surface area (Å²) in [7, 11) is -3.60. The molecular weight excluding hydrogens is 338 g/mol. The van der Waals surface area contributed by atoms with Gasteiger partial charge in [0.05, 0.1) is 17.1 Å². The molecule has 0 atom stereocenters. The van der Waals surface area contributed by atoms with Gasteiger partial charge in [0.25, 0.3) is 5.56 Å². The van der Waals surface area contributed by atoms with Crippen LogP contribution in [0.4, 0.5) is 0 Å². The summed E-state index contributed by atoms with van der Waals surface area (Å²) in [5, 5.41) is 4.30. The number of hydrogen-bond donors (Lipinski definition) is 1. The van der Waals surface area contributed by atoms with Gasteiger partial charge in [-0.25, -0.2) is 17.8 Å². The van der Waals surface area contributed by atoms with Crippen molar-refractivity contribution >= 4 is 10.0 Å². The second kappa shape index (κ2) is 7.42. The highest BCUT2D eigenvalue weighted by Gasteiger charge is 2.12. The smallest absolute Gasteiger partial charge is 0.266 e. The average molecular weight is 355 g/mol. The standard InChI is InChI=1S/C18H17N3O3S/c22-18-12-11-17(15-7-3-1-4-8-15)20-21(18)14-13-19-25(23,24)16-9-5-2-6-10-16/h1-12,19H,13-14H2. The molecule has 0 unspecified atom stereocenters. The van der Waals surface area contributed by atoms with Gasteiger partial charge in [-0.05, 0) is 18.2 Å². The number of benzene rings is 2. The van der Waals surface area contributed by atoms with Crippen LogP contribution in [0.5, 0.6) is 0 Å². The molecule has 0 saturated carbocycles. The Labute approximate surface area is 145 Å². The molecule has 0 spiro atoms. The molecule has 6 nitrogen and oxygen atoms in total. The molecule has 0 aliphatic carbocycles. The van der Waals surface area contributed by atoms with Gasteiger partial charge in [-0.15, -0.1) is 0 Å². The van der Waals surface area contributed by atoms with E-state index in [-0.39, 0.29) is 23.5 Å². The van der Waals surface area contributed by atoms with Crippen molar-refractivity contribution in [2.75, 3.05) is 6.54 Å². The van der Waals surface area contributed by atoms with Crippen LogP contribution in [0.25, 0.3) is 11.3 Å². The van der Waals surface area contributed by atoms with E-state index in [1.54, 1.807) is 24.3 Å². The monoisotopic (exact) mass is 355 g/mol. The van der Waals surface area contributed by atoms with E-state index in [2.05, 4.69) is 9.82 Å². The van der Waals surface area contributed by atoms with Gasteiger partial charge in [-0.2, -0.15) is 5.10 Å². The molecule has 0 radical (unpaired) electrons. The number of hydrogen-bond acceptors (Lipinski definition) is 4. The lowest BCUT2D eigenvalue weighted by molar-refractivity contribution is 0.549. The molecule has 0 bridgehead atoms. The first kappa shape index (κ1) is 17.1. The van der Waals surface area contributed by atoms with Crippen LogP contribution >= 0.6 is 0 Å². The van der Waals surface area contributed by atoms with Gasteiger partial charge in [-0.1, -0.05) is 48.5 Å². The van der Waals surface area contributed by atoms with Gasteiger partial charge in [0.15, 0.2) is 0 Å². The van der Waals surface area contributed by atoms with E-state index in [0.29, 0.717) is 5.69 Å². The summed E-state index contributed by atoms with van der Waals surface area (Å²) in [5.74, 6) is 0. The normalized spacial score (nSPS) is 11.4. The van der Waals surface area contributed by atoms with E-state index in [1.165, 1.54) is 22.9 Å². The number of sulfonamides is 1. The van der Waals surface area contributed by atoms with Crippen molar-refractivity contribution in [1.82, 2.24) is 14.5 Å². The van der Waals surface area contributed by atoms with Crippen LogP contribution in [0.2, 0.25) is 0 Å². The molecule has 0 amide bonds. The van der Waals surface area contributed by atoms with E-state index in [9.17, 15) is 13.2 Å². The third-order valence-corrected chi connectivity index (χ3v) is 5.08. The van der Waals surface area contributed by atoms with E-state index in [0.717, 1.165) is 5.56 Å². The largest absolute Gasteiger partial charge is 0.268 e. The van der Waals surface area contributed by atoms with Crippen LogP contribution in [0, 0.1) is 0 Å². The van der Waals surface area contributed by atoms with Crippen molar-refractivity contribution in [1.29, 1.82) is 0 Å². The lowest BCUT2D eigenvalue weighted by atomic mass is 10.1. The van der Waals surface area contributed by atoms with Crippen LogP contribution in [0.15, 0.2) is 82.5 Å². The number of nitrogens with zero attached hydrogens (tertiary/aromatic N) is 2. The van der Waals surface area contributed by atoms with E-state index in [4.69, 9.17) is 0 Å². The first-order valence-electron chi connectivity index (χ1n) is 7.74. The Bertz CT molecular complexity index is 1000. The number of rotatable bonds is 6. The summed E-state index contributed by atoms with van der Waals surface area (Å²) in [6, 6.07) is 20.7. The predicted octanol–water partition coefficient (Wildman–Crippen LogP) is 1.89. The fourth-order valence-electron chi connectivity index (χ4n) is 2.34. The highest BCUT2D eigenvalue weighted by atomic mass is 32.2. The highest BCUT2D eigenvalue weighted by molar-refractivity contribution is 7.89. The maximum atomic E-state index is 12.2. The van der Waals surface area contributed by atoms with E-state index < -0.39 is 10.0 Å². The molecule has 0 aliphatic rings. The zero-order valence-corrected chi connectivity index (χ0v) is 14.2. The Morgan fingerprint density at radius 1 is 0.880 bits per heavy atom. The lowest BCUT2D eigenvalue weighted by Gasteiger charge is -2.09. The van der Waals surface area contributed by atoms with Gasteiger partial charge in [0.2, 0.25) is 10.0 Å². The number of nitrogens with one attached hydrogen (secondary N) is 1. The first-order chi connectivity index (χ1) is 12.1. The van der Waals surface area contributed by atoms with Crippen molar-refractivity contribution in [2.45, 2.75) is 11.4 Å². The van der Waals surface area contributed by atoms with Crippen LogP contribution in [0.1, 0.15) is 0 Å². The third kappa shape index (κ3) is 4.20. The minimum Gasteiger partial charge on any atom is -0.268 e. The van der Waals surface area contributed by atoms with Gasteiger partial charge in [0, 0.05) is 18.2 Å². The van der Waals surface area contributed by atoms with Crippen molar-refractivity contribution in [2.24, 2.45) is 0 Å². The second-order valence-corrected chi connectivity index (χ2v) is 7.12. The Morgan fingerprint density at radius 3 is 2.20 bits per heavy atom. The molecule has 0 saturated heterocycles. The molecule has 2 aromatic carbocycles.